The number of hydrogen-bond donors (Lipinski definition) is 1. The van der Waals surface area contributed by atoms with Crippen molar-refractivity contribution in [2.24, 2.45) is 0 Å². The number of hydrogen-bond acceptors (Lipinski definition) is 4. The third-order valence-electron chi connectivity index (χ3n) is 3.56. The molecule has 3 heterocycles. The zero-order valence-corrected chi connectivity index (χ0v) is 13.4. The lowest BCUT2D eigenvalue weighted by molar-refractivity contribution is -0.141. The van der Waals surface area contributed by atoms with Gasteiger partial charge in [-0.1, -0.05) is 6.07 Å². The van der Waals surface area contributed by atoms with Crippen molar-refractivity contribution in [2.45, 2.75) is 12.7 Å². The van der Waals surface area contributed by atoms with E-state index in [9.17, 15) is 18.0 Å². The third kappa shape index (κ3) is 4.05. The molecule has 3 aromatic rings. The molecule has 0 radical (unpaired) electrons. The molecule has 0 saturated carbocycles. The van der Waals surface area contributed by atoms with E-state index in [1.54, 1.807) is 24.7 Å². The summed E-state index contributed by atoms with van der Waals surface area (Å²) in [6.07, 6.45) is 1.43. The average molecular weight is 361 g/mol. The fourth-order valence-corrected chi connectivity index (χ4v) is 2.31. The van der Waals surface area contributed by atoms with Gasteiger partial charge in [-0.3, -0.25) is 14.8 Å². The number of nitrogens with one attached hydrogen (secondary N) is 1. The van der Waals surface area contributed by atoms with E-state index in [1.807, 2.05) is 16.7 Å². The van der Waals surface area contributed by atoms with E-state index in [0.717, 1.165) is 18.3 Å². The minimum Gasteiger partial charge on any atom is -0.350 e. The summed E-state index contributed by atoms with van der Waals surface area (Å²) in [6.45, 7) is 0.710. The summed E-state index contributed by atoms with van der Waals surface area (Å²) in [4.78, 5) is 23.8. The molecule has 3 aromatic heterocycles. The number of nitrogens with zero attached hydrogens (tertiary/aromatic N) is 4. The molecule has 0 bridgehead atoms. The number of amides is 1. The summed E-state index contributed by atoms with van der Waals surface area (Å²) in [7, 11) is 0. The summed E-state index contributed by atoms with van der Waals surface area (Å²) < 4.78 is 39.3. The minimum absolute atomic E-state index is 0.0635. The molecule has 1 N–H and O–H groups in total. The molecule has 0 unspecified atom stereocenters. The molecule has 9 heteroatoms. The van der Waals surface area contributed by atoms with Crippen LogP contribution >= 0.6 is 0 Å². The Balaban J connectivity index is 1.59. The van der Waals surface area contributed by atoms with Gasteiger partial charge in [0.1, 0.15) is 11.4 Å². The van der Waals surface area contributed by atoms with Gasteiger partial charge in [-0.25, -0.2) is 4.98 Å². The van der Waals surface area contributed by atoms with Gasteiger partial charge in [0.15, 0.2) is 5.82 Å². The lowest BCUT2D eigenvalue weighted by atomic mass is 10.2. The highest BCUT2D eigenvalue weighted by atomic mass is 19.4. The van der Waals surface area contributed by atoms with Crippen LogP contribution < -0.4 is 5.32 Å². The number of carbonyl (C=O) groups is 1. The molecule has 0 aliphatic rings. The van der Waals surface area contributed by atoms with Gasteiger partial charge in [0.05, 0.1) is 5.56 Å². The van der Waals surface area contributed by atoms with E-state index in [0.29, 0.717) is 18.1 Å². The molecule has 1 amide bonds. The van der Waals surface area contributed by atoms with Crippen LogP contribution in [0.2, 0.25) is 0 Å². The smallest absolute Gasteiger partial charge is 0.350 e. The van der Waals surface area contributed by atoms with Gasteiger partial charge in [-0.05, 0) is 24.3 Å². The van der Waals surface area contributed by atoms with Gasteiger partial charge >= 0.3 is 6.18 Å². The zero-order chi connectivity index (χ0) is 18.6. The zero-order valence-electron chi connectivity index (χ0n) is 13.4. The Labute approximate surface area is 146 Å². The second-order valence-corrected chi connectivity index (χ2v) is 5.34. The van der Waals surface area contributed by atoms with Crippen LogP contribution in [0, 0.1) is 0 Å². The summed E-state index contributed by atoms with van der Waals surface area (Å²) in [5.41, 5.74) is -0.267. The Morgan fingerprint density at radius 1 is 1.08 bits per heavy atom. The van der Waals surface area contributed by atoms with E-state index in [4.69, 9.17) is 0 Å². The average Bonchev–Trinajstić information content (AvgIpc) is 3.10. The molecule has 0 saturated heterocycles. The van der Waals surface area contributed by atoms with Crippen molar-refractivity contribution in [3.63, 3.8) is 0 Å². The number of halogens is 3. The molecule has 0 aromatic carbocycles. The predicted octanol–water partition coefficient (Wildman–Crippen LogP) is 2.79. The van der Waals surface area contributed by atoms with Crippen LogP contribution in [0.4, 0.5) is 13.2 Å². The maximum atomic E-state index is 12.5. The van der Waals surface area contributed by atoms with Crippen LogP contribution in [0.25, 0.3) is 11.5 Å². The molecule has 0 atom stereocenters. The Hall–Kier alpha value is -3.23. The fraction of sp³-hybridized carbons (Fsp3) is 0.176. The predicted molar refractivity (Wildman–Crippen MR) is 87.0 cm³/mol. The van der Waals surface area contributed by atoms with Gasteiger partial charge < -0.3 is 9.88 Å². The molecular formula is C17H14F3N5O. The third-order valence-corrected chi connectivity index (χ3v) is 3.56. The molecule has 26 heavy (non-hydrogen) atoms. The van der Waals surface area contributed by atoms with E-state index >= 15 is 0 Å². The van der Waals surface area contributed by atoms with E-state index in [2.05, 4.69) is 20.3 Å². The van der Waals surface area contributed by atoms with Crippen molar-refractivity contribution in [3.05, 3.63) is 66.4 Å². The maximum Gasteiger partial charge on any atom is 0.433 e. The Morgan fingerprint density at radius 2 is 1.92 bits per heavy atom. The van der Waals surface area contributed by atoms with Crippen molar-refractivity contribution < 1.29 is 18.0 Å². The first-order valence-corrected chi connectivity index (χ1v) is 7.69. The number of imidazole rings is 1. The maximum absolute atomic E-state index is 12.5. The number of pyridine rings is 2. The van der Waals surface area contributed by atoms with Crippen molar-refractivity contribution in [1.29, 1.82) is 0 Å². The highest BCUT2D eigenvalue weighted by Gasteiger charge is 2.32. The molecular weight excluding hydrogens is 347 g/mol. The van der Waals surface area contributed by atoms with Gasteiger partial charge in [-0.15, -0.1) is 0 Å². The Bertz CT molecular complexity index is 875. The minimum atomic E-state index is -4.53. The van der Waals surface area contributed by atoms with E-state index < -0.39 is 17.8 Å². The van der Waals surface area contributed by atoms with Crippen molar-refractivity contribution in [2.75, 3.05) is 6.54 Å². The lowest BCUT2D eigenvalue weighted by Gasteiger charge is -2.09. The number of rotatable bonds is 5. The molecule has 0 aliphatic carbocycles. The SMILES string of the molecule is O=C(NCCn1ccnc1-c1ccccn1)c1ccc(C(F)(F)F)nc1. The standard InChI is InChI=1S/C17H14F3N5O/c18-17(19,20)14-5-4-12(11-24-14)16(26)23-8-10-25-9-7-22-15(25)13-3-1-2-6-21-13/h1-7,9,11H,8,10H2,(H,23,26). The highest BCUT2D eigenvalue weighted by molar-refractivity contribution is 5.93. The lowest BCUT2D eigenvalue weighted by Crippen LogP contribution is -2.27. The summed E-state index contributed by atoms with van der Waals surface area (Å²) in [5.74, 6) is 0.168. The first-order valence-electron chi connectivity index (χ1n) is 7.69. The summed E-state index contributed by atoms with van der Waals surface area (Å²) in [5, 5.41) is 2.64. The largest absolute Gasteiger partial charge is 0.433 e. The van der Waals surface area contributed by atoms with Crippen LogP contribution in [0.15, 0.2) is 55.1 Å². The Morgan fingerprint density at radius 3 is 2.58 bits per heavy atom. The van der Waals surface area contributed by atoms with E-state index in [1.165, 1.54) is 0 Å². The first kappa shape index (κ1) is 17.6. The topological polar surface area (TPSA) is 72.7 Å². The fourth-order valence-electron chi connectivity index (χ4n) is 2.31. The molecule has 134 valence electrons. The van der Waals surface area contributed by atoms with Crippen LogP contribution in [-0.4, -0.2) is 32.0 Å². The summed E-state index contributed by atoms with van der Waals surface area (Å²) >= 11 is 0. The number of aromatic nitrogens is 4. The molecule has 0 fully saturated rings. The van der Waals surface area contributed by atoms with Gasteiger partial charge in [0, 0.05) is 37.9 Å². The number of carbonyl (C=O) groups excluding carboxylic acids is 1. The van der Waals surface area contributed by atoms with Crippen molar-refractivity contribution >= 4 is 5.91 Å². The molecule has 0 aliphatic heterocycles. The molecule has 6 nitrogen and oxygen atoms in total. The van der Waals surface area contributed by atoms with Crippen molar-refractivity contribution in [3.8, 4) is 11.5 Å². The quantitative estimate of drug-likeness (QED) is 0.759. The van der Waals surface area contributed by atoms with Gasteiger partial charge in [0.2, 0.25) is 0 Å². The molecule has 0 spiro atoms. The second-order valence-electron chi connectivity index (χ2n) is 5.34. The Kier molecular flexibility index (Phi) is 4.97. The summed E-state index contributed by atoms with van der Waals surface area (Å²) in [6, 6.07) is 7.35. The molecule has 3 rings (SSSR count). The van der Waals surface area contributed by atoms with Crippen molar-refractivity contribution in [1.82, 2.24) is 24.8 Å². The van der Waals surface area contributed by atoms with E-state index in [-0.39, 0.29) is 12.1 Å². The monoisotopic (exact) mass is 361 g/mol. The number of alkyl halides is 3. The highest BCUT2D eigenvalue weighted by Crippen LogP contribution is 2.27. The normalized spacial score (nSPS) is 11.3. The second kappa shape index (κ2) is 7.34. The van der Waals surface area contributed by atoms with Gasteiger partial charge in [-0.2, -0.15) is 13.2 Å². The van der Waals surface area contributed by atoms with Crippen LogP contribution in [0.3, 0.4) is 0 Å². The first-order chi connectivity index (χ1) is 12.4. The van der Waals surface area contributed by atoms with Crippen LogP contribution in [0.5, 0.6) is 0 Å². The van der Waals surface area contributed by atoms with Crippen LogP contribution in [-0.2, 0) is 12.7 Å². The van der Waals surface area contributed by atoms with Crippen LogP contribution in [0.1, 0.15) is 16.1 Å². The van der Waals surface area contributed by atoms with Gasteiger partial charge in [0.25, 0.3) is 5.91 Å².